The minimum absolute atomic E-state index is 0.0567. The highest BCUT2D eigenvalue weighted by atomic mass is 32.1. The zero-order valence-electron chi connectivity index (χ0n) is 18.3. The maximum atomic E-state index is 9.55. The third-order valence-electron chi connectivity index (χ3n) is 2.64. The second-order valence-electron chi connectivity index (χ2n) is 5.54. The van der Waals surface area contributed by atoms with Gasteiger partial charge in [-0.2, -0.15) is 50.5 Å². The van der Waals surface area contributed by atoms with Crippen LogP contribution in [0.25, 0.3) is 0 Å². The second kappa shape index (κ2) is 38.4. The summed E-state index contributed by atoms with van der Waals surface area (Å²) in [7, 11) is 0. The number of carbonyl (C=O) groups is 4. The Bertz CT molecular complexity index is 385. The summed E-state index contributed by atoms with van der Waals surface area (Å²) in [6.45, 7) is 0.234. The van der Waals surface area contributed by atoms with E-state index in [1.54, 1.807) is 0 Å². The minimum Gasteiger partial charge on any atom is -0.481 e. The molecule has 33 heavy (non-hydrogen) atoms. The van der Waals surface area contributed by atoms with Crippen molar-refractivity contribution in [1.82, 2.24) is 0 Å². The Labute approximate surface area is 216 Å². The van der Waals surface area contributed by atoms with Crippen molar-refractivity contribution in [3.8, 4) is 0 Å². The smallest absolute Gasteiger partial charge is 0.304 e. The second-order valence-corrected chi connectivity index (χ2v) is 7.33. The van der Waals surface area contributed by atoms with Crippen molar-refractivity contribution in [2.45, 2.75) is 38.5 Å². The van der Waals surface area contributed by atoms with Crippen molar-refractivity contribution in [2.75, 3.05) is 42.8 Å². The van der Waals surface area contributed by atoms with Gasteiger partial charge in [-0.3, -0.25) is 19.2 Å². The van der Waals surface area contributed by atoms with Gasteiger partial charge in [0.2, 0.25) is 0 Å². The van der Waals surface area contributed by atoms with E-state index in [-0.39, 0.29) is 51.4 Å². The standard InChI is InChI=1S/C6H14O3.4C3H6O2S/c7-3-1-6(5-9)2-4-8;4*4-3(5)1-2-6/h6-9H,1-5H2;4*6H,1-2H2,(H,4,5). The van der Waals surface area contributed by atoms with Crippen LogP contribution < -0.4 is 0 Å². The zero-order chi connectivity index (χ0) is 27.1. The molecule has 0 bridgehead atoms. The average molecular weight is 559 g/mol. The summed E-state index contributed by atoms with van der Waals surface area (Å²) >= 11 is 14.7. The first-order valence-electron chi connectivity index (χ1n) is 9.56. The van der Waals surface area contributed by atoms with Crippen LogP contribution in [0.4, 0.5) is 0 Å². The molecule has 7 N–H and O–H groups in total. The third kappa shape index (κ3) is 72.2. The molecule has 15 heteroatoms. The van der Waals surface area contributed by atoms with E-state index in [9.17, 15) is 19.2 Å². The molecule has 0 radical (unpaired) electrons. The molecule has 0 amide bonds. The lowest BCUT2D eigenvalue weighted by molar-refractivity contribution is -0.137. The molecule has 0 aliphatic heterocycles. The largest absolute Gasteiger partial charge is 0.481 e. The summed E-state index contributed by atoms with van der Waals surface area (Å²) in [4.78, 5) is 38.2. The molecule has 11 nitrogen and oxygen atoms in total. The topological polar surface area (TPSA) is 210 Å². The third-order valence-corrected chi connectivity index (χ3v) is 3.53. The van der Waals surface area contributed by atoms with Crippen molar-refractivity contribution >= 4 is 74.4 Å². The molecule has 0 aromatic heterocycles. The number of carboxylic acid groups (broad SMARTS) is 4. The van der Waals surface area contributed by atoms with Crippen LogP contribution in [-0.2, 0) is 19.2 Å². The Morgan fingerprint density at radius 1 is 0.515 bits per heavy atom. The van der Waals surface area contributed by atoms with Crippen LogP contribution in [0.5, 0.6) is 0 Å². The fourth-order valence-electron chi connectivity index (χ4n) is 1.07. The van der Waals surface area contributed by atoms with E-state index in [4.69, 9.17) is 35.7 Å². The highest BCUT2D eigenvalue weighted by Crippen LogP contribution is 2.04. The SMILES string of the molecule is O=C(O)CCS.O=C(O)CCS.O=C(O)CCS.O=C(O)CCS.OCCC(CO)CCO. The average Bonchev–Trinajstić information content (AvgIpc) is 2.69. The van der Waals surface area contributed by atoms with Crippen molar-refractivity contribution in [3.63, 3.8) is 0 Å². The van der Waals surface area contributed by atoms with Gasteiger partial charge in [-0.15, -0.1) is 0 Å². The fraction of sp³-hybridized carbons (Fsp3) is 0.778. The molecule has 0 spiro atoms. The lowest BCUT2D eigenvalue weighted by Gasteiger charge is -2.08. The summed E-state index contributed by atoms with van der Waals surface area (Å²) in [6, 6.07) is 0. The summed E-state index contributed by atoms with van der Waals surface area (Å²) in [6.07, 6.45) is 1.78. The number of aliphatic hydroxyl groups excluding tert-OH is 3. The van der Waals surface area contributed by atoms with Gasteiger partial charge in [0.1, 0.15) is 0 Å². The Morgan fingerprint density at radius 3 is 0.788 bits per heavy atom. The molecule has 0 atom stereocenters. The molecule has 200 valence electrons. The molecule has 0 rings (SSSR count). The number of aliphatic hydroxyl groups is 3. The van der Waals surface area contributed by atoms with Crippen LogP contribution in [-0.4, -0.2) is 102 Å². The van der Waals surface area contributed by atoms with Crippen LogP contribution in [0, 0.1) is 5.92 Å². The van der Waals surface area contributed by atoms with Gasteiger partial charge in [0, 0.05) is 42.8 Å². The summed E-state index contributed by atoms with van der Waals surface area (Å²) < 4.78 is 0. The van der Waals surface area contributed by atoms with Gasteiger partial charge in [0.15, 0.2) is 0 Å². The molecule has 0 fully saturated rings. The van der Waals surface area contributed by atoms with Gasteiger partial charge in [-0.1, -0.05) is 0 Å². The van der Waals surface area contributed by atoms with E-state index in [0.717, 1.165) is 0 Å². The quantitative estimate of drug-likeness (QED) is 0.143. The molecule has 0 heterocycles. The monoisotopic (exact) mass is 558 g/mol. The van der Waals surface area contributed by atoms with Gasteiger partial charge in [0.05, 0.1) is 25.7 Å². The van der Waals surface area contributed by atoms with Crippen LogP contribution in [0.3, 0.4) is 0 Å². The van der Waals surface area contributed by atoms with Crippen molar-refractivity contribution in [3.05, 3.63) is 0 Å². The van der Waals surface area contributed by atoms with Crippen molar-refractivity contribution < 1.29 is 54.9 Å². The van der Waals surface area contributed by atoms with Crippen LogP contribution in [0.15, 0.2) is 0 Å². The first kappa shape index (κ1) is 42.3. The molecule has 0 unspecified atom stereocenters. The Balaban J connectivity index is -0.000000100. The van der Waals surface area contributed by atoms with E-state index in [1.807, 2.05) is 0 Å². The van der Waals surface area contributed by atoms with Gasteiger partial charge in [0.25, 0.3) is 0 Å². The lowest BCUT2D eigenvalue weighted by Crippen LogP contribution is -2.09. The first-order valence-corrected chi connectivity index (χ1v) is 12.1. The van der Waals surface area contributed by atoms with E-state index < -0.39 is 23.9 Å². The van der Waals surface area contributed by atoms with Gasteiger partial charge in [-0.05, 0) is 18.8 Å². The predicted molar refractivity (Wildman–Crippen MR) is 138 cm³/mol. The van der Waals surface area contributed by atoms with E-state index in [2.05, 4.69) is 50.5 Å². The summed E-state index contributed by atoms with van der Waals surface area (Å²) in [5.41, 5.74) is 0. The number of rotatable bonds is 13. The Hall–Kier alpha value is -0.840. The van der Waals surface area contributed by atoms with Gasteiger partial charge in [-0.25, -0.2) is 0 Å². The predicted octanol–water partition coefficient (Wildman–Crippen LogP) is 0.923. The number of aliphatic carboxylic acids is 4. The van der Waals surface area contributed by atoms with E-state index >= 15 is 0 Å². The first-order chi connectivity index (χ1) is 15.4. The van der Waals surface area contributed by atoms with Crippen molar-refractivity contribution in [2.24, 2.45) is 5.92 Å². The maximum Gasteiger partial charge on any atom is 0.304 e. The van der Waals surface area contributed by atoms with Crippen molar-refractivity contribution in [1.29, 1.82) is 0 Å². The molecular formula is C18H38O11S4. The van der Waals surface area contributed by atoms with Crippen LogP contribution in [0.2, 0.25) is 0 Å². The lowest BCUT2D eigenvalue weighted by atomic mass is 10.0. The molecule has 0 aromatic carbocycles. The van der Waals surface area contributed by atoms with Crippen LogP contribution >= 0.6 is 50.5 Å². The summed E-state index contributed by atoms with van der Waals surface area (Å²) in [5, 5.41) is 56.8. The normalized spacial score (nSPS) is 8.85. The highest BCUT2D eigenvalue weighted by Gasteiger charge is 2.04. The summed E-state index contributed by atoms with van der Waals surface area (Å²) in [5.74, 6) is -1.38. The number of hydrogen-bond donors (Lipinski definition) is 11. The van der Waals surface area contributed by atoms with E-state index in [1.165, 1.54) is 0 Å². The number of hydrogen-bond acceptors (Lipinski definition) is 11. The Morgan fingerprint density at radius 2 is 0.727 bits per heavy atom. The minimum atomic E-state index is -0.787. The number of carboxylic acids is 4. The molecule has 0 aliphatic rings. The molecule has 0 saturated carbocycles. The van der Waals surface area contributed by atoms with Gasteiger partial charge >= 0.3 is 23.9 Å². The van der Waals surface area contributed by atoms with E-state index in [0.29, 0.717) is 35.9 Å². The fourth-order valence-corrected chi connectivity index (χ4v) is 1.84. The van der Waals surface area contributed by atoms with Crippen LogP contribution in [0.1, 0.15) is 38.5 Å². The number of thiol groups is 4. The zero-order valence-corrected chi connectivity index (χ0v) is 21.9. The van der Waals surface area contributed by atoms with Gasteiger partial charge < -0.3 is 35.7 Å². The molecular weight excluding hydrogens is 520 g/mol. The maximum absolute atomic E-state index is 9.55. The molecule has 0 aliphatic carbocycles. The molecule has 0 aromatic rings. The highest BCUT2D eigenvalue weighted by molar-refractivity contribution is 7.80. The Kier molecular flexibility index (Phi) is 49.3. The molecule has 0 saturated heterocycles.